The monoisotopic (exact) mass is 311 g/mol. The van der Waals surface area contributed by atoms with Crippen LogP contribution in [0.4, 0.5) is 11.4 Å². The first-order valence-corrected chi connectivity index (χ1v) is 6.03. The number of hydrogen-bond acceptors (Lipinski definition) is 6. The van der Waals surface area contributed by atoms with E-state index in [-0.39, 0.29) is 16.0 Å². The van der Waals surface area contributed by atoms with E-state index in [0.717, 1.165) is 0 Å². The number of aromatic nitrogens is 2. The molecular weight excluding hydrogens is 305 g/mol. The van der Waals surface area contributed by atoms with Gasteiger partial charge in [0.2, 0.25) is 0 Å². The summed E-state index contributed by atoms with van der Waals surface area (Å²) >= 11 is 11.7. The van der Waals surface area contributed by atoms with E-state index < -0.39 is 4.92 Å². The van der Waals surface area contributed by atoms with Gasteiger partial charge in [-0.05, 0) is 12.1 Å². The van der Waals surface area contributed by atoms with Crippen molar-refractivity contribution < 1.29 is 4.92 Å². The molecule has 7 nitrogen and oxygen atoms in total. The third-order valence-electron chi connectivity index (χ3n) is 2.25. The number of hydrazone groups is 1. The average molecular weight is 312 g/mol. The number of nitro groups is 1. The maximum absolute atomic E-state index is 10.5. The third-order valence-corrected chi connectivity index (χ3v) is 2.85. The summed E-state index contributed by atoms with van der Waals surface area (Å²) in [4.78, 5) is 17.6. The molecule has 9 heteroatoms. The van der Waals surface area contributed by atoms with Crippen LogP contribution in [0.1, 0.15) is 5.56 Å². The van der Waals surface area contributed by atoms with Crippen molar-refractivity contribution >= 4 is 40.8 Å². The topological polar surface area (TPSA) is 93.3 Å². The van der Waals surface area contributed by atoms with Gasteiger partial charge in [-0.2, -0.15) is 5.10 Å². The van der Waals surface area contributed by atoms with Crippen molar-refractivity contribution in [3.05, 3.63) is 56.6 Å². The van der Waals surface area contributed by atoms with Crippen LogP contribution in [0.2, 0.25) is 10.3 Å². The molecule has 1 aromatic heterocycles. The quantitative estimate of drug-likeness (QED) is 0.405. The zero-order chi connectivity index (χ0) is 14.5. The van der Waals surface area contributed by atoms with Crippen molar-refractivity contribution in [1.29, 1.82) is 0 Å². The van der Waals surface area contributed by atoms with E-state index in [4.69, 9.17) is 23.2 Å². The fourth-order valence-corrected chi connectivity index (χ4v) is 1.70. The van der Waals surface area contributed by atoms with E-state index in [1.807, 2.05) is 0 Å². The van der Waals surface area contributed by atoms with Crippen LogP contribution in [0, 0.1) is 10.1 Å². The van der Waals surface area contributed by atoms with Gasteiger partial charge in [0.05, 0.1) is 22.4 Å². The van der Waals surface area contributed by atoms with Crippen LogP contribution in [-0.4, -0.2) is 21.1 Å². The van der Waals surface area contributed by atoms with E-state index in [1.54, 1.807) is 0 Å². The number of nitrogens with zero attached hydrogens (tertiary/aromatic N) is 4. The summed E-state index contributed by atoms with van der Waals surface area (Å²) in [7, 11) is 0. The van der Waals surface area contributed by atoms with Gasteiger partial charge in [0.1, 0.15) is 16.6 Å². The van der Waals surface area contributed by atoms with Gasteiger partial charge in [-0.1, -0.05) is 23.2 Å². The molecule has 1 heterocycles. The maximum Gasteiger partial charge on any atom is 0.269 e. The van der Waals surface area contributed by atoms with Gasteiger partial charge in [0, 0.05) is 12.1 Å². The minimum Gasteiger partial charge on any atom is -0.278 e. The lowest BCUT2D eigenvalue weighted by Crippen LogP contribution is -1.95. The second kappa shape index (κ2) is 6.27. The van der Waals surface area contributed by atoms with Gasteiger partial charge in [-0.3, -0.25) is 15.5 Å². The molecule has 2 rings (SSSR count). The molecule has 0 spiro atoms. The molecule has 0 saturated carbocycles. The van der Waals surface area contributed by atoms with Crippen LogP contribution in [0.5, 0.6) is 0 Å². The van der Waals surface area contributed by atoms with E-state index in [1.165, 1.54) is 36.8 Å². The molecule has 0 aliphatic heterocycles. The molecule has 0 amide bonds. The molecule has 1 N–H and O–H groups in total. The summed E-state index contributed by atoms with van der Waals surface area (Å²) in [6.45, 7) is 0. The summed E-state index contributed by atoms with van der Waals surface area (Å²) in [5.74, 6) is 0. The summed E-state index contributed by atoms with van der Waals surface area (Å²) in [5, 5.41) is 14.8. The number of rotatable bonds is 4. The highest BCUT2D eigenvalue weighted by Crippen LogP contribution is 2.18. The van der Waals surface area contributed by atoms with Crippen LogP contribution in [0.15, 0.2) is 35.7 Å². The Morgan fingerprint density at radius 3 is 2.35 bits per heavy atom. The zero-order valence-corrected chi connectivity index (χ0v) is 11.3. The molecule has 0 aliphatic carbocycles. The van der Waals surface area contributed by atoms with Crippen LogP contribution >= 0.6 is 23.2 Å². The number of nitrogens with one attached hydrogen (secondary N) is 1. The molecule has 0 fully saturated rings. The van der Waals surface area contributed by atoms with Gasteiger partial charge >= 0.3 is 0 Å². The fraction of sp³-hybridized carbons (Fsp3) is 0. The van der Waals surface area contributed by atoms with Crippen LogP contribution in [0.3, 0.4) is 0 Å². The highest BCUT2D eigenvalue weighted by molar-refractivity contribution is 6.37. The SMILES string of the molecule is O=[N+]([O-])c1ccc(NN=Cc2c(Cl)ncnc2Cl)cc1. The van der Waals surface area contributed by atoms with Crippen molar-refractivity contribution in [2.45, 2.75) is 0 Å². The maximum atomic E-state index is 10.5. The normalized spacial score (nSPS) is 10.7. The summed E-state index contributed by atoms with van der Waals surface area (Å²) in [5.41, 5.74) is 3.65. The third kappa shape index (κ3) is 3.40. The predicted octanol–water partition coefficient (Wildman–Crippen LogP) is 3.14. The minimum atomic E-state index is -0.478. The number of hydrogen-bond donors (Lipinski definition) is 1. The van der Waals surface area contributed by atoms with Gasteiger partial charge in [0.25, 0.3) is 5.69 Å². The molecule has 0 atom stereocenters. The molecule has 0 bridgehead atoms. The standard InChI is InChI=1S/C11H7Cl2N5O2/c12-10-9(11(13)15-6-14-10)5-16-17-7-1-3-8(4-2-7)18(19)20/h1-6,17H. The van der Waals surface area contributed by atoms with Crippen LogP contribution in [-0.2, 0) is 0 Å². The number of anilines is 1. The lowest BCUT2D eigenvalue weighted by Gasteiger charge is -2.01. The minimum absolute atomic E-state index is 0.00192. The lowest BCUT2D eigenvalue weighted by atomic mass is 10.3. The highest BCUT2D eigenvalue weighted by atomic mass is 35.5. The highest BCUT2D eigenvalue weighted by Gasteiger charge is 2.05. The Bertz CT molecular complexity index is 640. The summed E-state index contributed by atoms with van der Waals surface area (Å²) < 4.78 is 0. The van der Waals surface area contributed by atoms with Crippen molar-refractivity contribution in [3.63, 3.8) is 0 Å². The Morgan fingerprint density at radius 1 is 1.20 bits per heavy atom. The van der Waals surface area contributed by atoms with Crippen molar-refractivity contribution in [2.24, 2.45) is 5.10 Å². The fourth-order valence-electron chi connectivity index (χ4n) is 1.29. The number of benzene rings is 1. The average Bonchev–Trinajstić information content (AvgIpc) is 2.42. The van der Waals surface area contributed by atoms with Crippen molar-refractivity contribution in [2.75, 3.05) is 5.43 Å². The van der Waals surface area contributed by atoms with Gasteiger partial charge in [0.15, 0.2) is 0 Å². The second-order valence-corrected chi connectivity index (χ2v) is 4.26. The van der Waals surface area contributed by atoms with Gasteiger partial charge in [-0.25, -0.2) is 9.97 Å². The predicted molar refractivity (Wildman–Crippen MR) is 76.4 cm³/mol. The number of halogens is 2. The summed E-state index contributed by atoms with van der Waals surface area (Å²) in [6, 6.07) is 5.78. The molecule has 0 unspecified atom stereocenters. The Kier molecular flexibility index (Phi) is 4.44. The Labute approximate surface area is 123 Å². The number of nitro benzene ring substituents is 1. The smallest absolute Gasteiger partial charge is 0.269 e. The second-order valence-electron chi connectivity index (χ2n) is 3.54. The molecular formula is C11H7Cl2N5O2. The molecule has 0 radical (unpaired) electrons. The van der Waals surface area contributed by atoms with Gasteiger partial charge in [-0.15, -0.1) is 0 Å². The van der Waals surface area contributed by atoms with Crippen LogP contribution in [0.25, 0.3) is 0 Å². The molecule has 2 aromatic rings. The first-order valence-electron chi connectivity index (χ1n) is 5.27. The Hall–Kier alpha value is -2.25. The lowest BCUT2D eigenvalue weighted by molar-refractivity contribution is -0.384. The molecule has 102 valence electrons. The largest absolute Gasteiger partial charge is 0.278 e. The molecule has 0 saturated heterocycles. The Morgan fingerprint density at radius 2 is 1.80 bits per heavy atom. The molecule has 0 aliphatic rings. The molecule has 1 aromatic carbocycles. The first kappa shape index (κ1) is 14.2. The number of non-ortho nitro benzene ring substituents is 1. The van der Waals surface area contributed by atoms with E-state index in [2.05, 4.69) is 20.5 Å². The Balaban J connectivity index is 2.08. The summed E-state index contributed by atoms with van der Waals surface area (Å²) in [6.07, 6.45) is 2.61. The van der Waals surface area contributed by atoms with E-state index >= 15 is 0 Å². The first-order chi connectivity index (χ1) is 9.58. The van der Waals surface area contributed by atoms with Crippen LogP contribution < -0.4 is 5.43 Å². The van der Waals surface area contributed by atoms with E-state index in [0.29, 0.717) is 11.3 Å². The van der Waals surface area contributed by atoms with Gasteiger partial charge < -0.3 is 0 Å². The van der Waals surface area contributed by atoms with E-state index in [9.17, 15) is 10.1 Å². The van der Waals surface area contributed by atoms with Crippen molar-refractivity contribution in [3.8, 4) is 0 Å². The molecule has 20 heavy (non-hydrogen) atoms. The van der Waals surface area contributed by atoms with Crippen molar-refractivity contribution in [1.82, 2.24) is 9.97 Å². The zero-order valence-electron chi connectivity index (χ0n) is 9.83.